The maximum Gasteiger partial charge on any atom is 0.0541 e. The summed E-state index contributed by atoms with van der Waals surface area (Å²) in [5.41, 5.74) is 20.5. The Balaban J connectivity index is 0.781. The number of rotatable bonds is 6. The van der Waals surface area contributed by atoms with E-state index >= 15 is 0 Å². The van der Waals surface area contributed by atoms with Crippen molar-refractivity contribution in [3.8, 4) is 22.5 Å². The van der Waals surface area contributed by atoms with Gasteiger partial charge < -0.3 is 9.13 Å². The van der Waals surface area contributed by atoms with E-state index in [4.69, 9.17) is 0 Å². The average Bonchev–Trinajstić information content (AvgIpc) is 4.16. The number of fused-ring (bicyclic) bond motifs is 14. The molecule has 11 aromatic carbocycles. The van der Waals surface area contributed by atoms with Crippen LogP contribution in [0.2, 0.25) is 0 Å². The van der Waals surface area contributed by atoms with Crippen LogP contribution >= 0.6 is 0 Å². The van der Waals surface area contributed by atoms with Crippen molar-refractivity contribution in [1.29, 1.82) is 0 Å². The molecule has 332 valence electrons. The minimum absolute atomic E-state index is 0.132. The minimum atomic E-state index is -0.132. The fourth-order valence-electron chi connectivity index (χ4n) is 12.6. The zero-order valence-corrected chi connectivity index (χ0v) is 39.1. The van der Waals surface area contributed by atoms with Crippen LogP contribution in [0.4, 0.5) is 0 Å². The van der Waals surface area contributed by atoms with Crippen molar-refractivity contribution in [2.75, 3.05) is 0 Å². The summed E-state index contributed by atoms with van der Waals surface area (Å²) in [5.74, 6) is 0. The van der Waals surface area contributed by atoms with Gasteiger partial charge in [0.25, 0.3) is 0 Å². The van der Waals surface area contributed by atoms with E-state index in [1.54, 1.807) is 0 Å². The van der Waals surface area contributed by atoms with Gasteiger partial charge in [0.15, 0.2) is 0 Å². The number of nitrogens with zero attached hydrogens (tertiary/aromatic N) is 2. The van der Waals surface area contributed by atoms with Crippen LogP contribution in [-0.2, 0) is 18.3 Å². The lowest BCUT2D eigenvalue weighted by molar-refractivity contribution is 0.563. The monoisotopic (exact) mass is 902 g/mol. The molecule has 13 aromatic rings. The van der Waals surface area contributed by atoms with Gasteiger partial charge in [-0.3, -0.25) is 0 Å². The molecule has 0 N–H and O–H groups in total. The molecule has 0 saturated carbocycles. The van der Waals surface area contributed by atoms with Crippen molar-refractivity contribution in [3.63, 3.8) is 0 Å². The van der Waals surface area contributed by atoms with Crippen LogP contribution in [0.3, 0.4) is 0 Å². The predicted octanol–water partition coefficient (Wildman–Crippen LogP) is 17.6. The molecular formula is C69H46N2. The Morgan fingerprint density at radius 1 is 0.296 bits per heavy atom. The van der Waals surface area contributed by atoms with Crippen molar-refractivity contribution >= 4 is 89.5 Å². The van der Waals surface area contributed by atoms with E-state index in [0.29, 0.717) is 0 Å². The Labute approximate surface area is 412 Å². The normalized spacial score (nSPS) is 13.8. The van der Waals surface area contributed by atoms with Crippen LogP contribution in [0, 0.1) is 0 Å². The Morgan fingerprint density at radius 3 is 1.14 bits per heavy atom. The van der Waals surface area contributed by atoms with Gasteiger partial charge in [0.1, 0.15) is 0 Å². The quantitative estimate of drug-likeness (QED) is 0.147. The fraction of sp³-hybridized carbons (Fsp3) is 0.0435. The van der Waals surface area contributed by atoms with E-state index in [1.807, 2.05) is 0 Å². The first kappa shape index (κ1) is 40.0. The lowest BCUT2D eigenvalue weighted by Crippen LogP contribution is -2.26. The van der Waals surface area contributed by atoms with Gasteiger partial charge in [-0.1, -0.05) is 206 Å². The van der Waals surface area contributed by atoms with Gasteiger partial charge in [-0.15, -0.1) is 0 Å². The van der Waals surface area contributed by atoms with E-state index in [1.165, 1.54) is 132 Å². The summed E-state index contributed by atoms with van der Waals surface area (Å²) < 4.78 is 4.87. The molecule has 0 bridgehead atoms. The molecule has 15 rings (SSSR count). The molecule has 2 nitrogen and oxygen atoms in total. The average molecular weight is 903 g/mol. The molecule has 2 aliphatic rings. The molecule has 2 aliphatic carbocycles. The highest BCUT2D eigenvalue weighted by atomic mass is 15.0. The zero-order valence-electron chi connectivity index (χ0n) is 39.1. The largest absolute Gasteiger partial charge is 0.309 e. The lowest BCUT2D eigenvalue weighted by atomic mass is 9.75. The van der Waals surface area contributed by atoms with Gasteiger partial charge in [0.05, 0.1) is 33.4 Å². The SMILES string of the molecule is C(=C\c1ccc2c(c1)c1ccccc1n2-c1cccc2ccccc12)/c1ccc2c(c1)C1(Cc3ccccc3C1)c1cc(/C=C/c3ccc4c(c3)c3ccccc3n4-c3cccc4ccccc34)ccc1-2. The number of benzene rings is 11. The molecule has 2 heteroatoms. The Bertz CT molecular complexity index is 4120. The number of para-hydroxylation sites is 2. The number of aromatic nitrogens is 2. The third-order valence-corrected chi connectivity index (χ3v) is 15.9. The van der Waals surface area contributed by atoms with Gasteiger partial charge >= 0.3 is 0 Å². The van der Waals surface area contributed by atoms with Crippen LogP contribution in [0.25, 0.3) is 112 Å². The first-order valence-corrected chi connectivity index (χ1v) is 24.9. The Morgan fingerprint density at radius 2 is 0.662 bits per heavy atom. The van der Waals surface area contributed by atoms with Crippen molar-refractivity contribution in [2.45, 2.75) is 18.3 Å². The zero-order chi connectivity index (χ0) is 46.6. The highest BCUT2D eigenvalue weighted by molar-refractivity contribution is 6.12. The molecule has 0 radical (unpaired) electrons. The summed E-state index contributed by atoms with van der Waals surface area (Å²) in [4.78, 5) is 0. The molecule has 0 amide bonds. The summed E-state index contributed by atoms with van der Waals surface area (Å²) >= 11 is 0. The minimum Gasteiger partial charge on any atom is -0.309 e. The number of hydrogen-bond acceptors (Lipinski definition) is 0. The Kier molecular flexibility index (Phi) is 8.73. The summed E-state index contributed by atoms with van der Waals surface area (Å²) in [7, 11) is 0. The van der Waals surface area contributed by atoms with E-state index in [9.17, 15) is 0 Å². The maximum absolute atomic E-state index is 2.49. The molecule has 0 unspecified atom stereocenters. The molecule has 2 aromatic heterocycles. The van der Waals surface area contributed by atoms with E-state index in [-0.39, 0.29) is 5.41 Å². The van der Waals surface area contributed by atoms with Crippen LogP contribution in [0.1, 0.15) is 44.5 Å². The summed E-state index contributed by atoms with van der Waals surface area (Å²) in [5, 5.41) is 10.1. The van der Waals surface area contributed by atoms with E-state index in [0.717, 1.165) is 12.8 Å². The first-order chi connectivity index (χ1) is 35.1. The van der Waals surface area contributed by atoms with E-state index in [2.05, 4.69) is 264 Å². The molecule has 0 fully saturated rings. The first-order valence-electron chi connectivity index (χ1n) is 24.9. The van der Waals surface area contributed by atoms with Crippen molar-refractivity contribution < 1.29 is 0 Å². The molecule has 1 spiro atoms. The van der Waals surface area contributed by atoms with Gasteiger partial charge in [-0.2, -0.15) is 0 Å². The molecule has 0 atom stereocenters. The van der Waals surface area contributed by atoms with Crippen LogP contribution in [0.5, 0.6) is 0 Å². The van der Waals surface area contributed by atoms with Crippen LogP contribution in [-0.4, -0.2) is 9.13 Å². The third-order valence-electron chi connectivity index (χ3n) is 15.9. The fourth-order valence-corrected chi connectivity index (χ4v) is 12.6. The Hall–Kier alpha value is -8.98. The van der Waals surface area contributed by atoms with Gasteiger partial charge in [-0.25, -0.2) is 0 Å². The van der Waals surface area contributed by atoms with E-state index < -0.39 is 0 Å². The highest BCUT2D eigenvalue weighted by Crippen LogP contribution is 2.56. The molecular weight excluding hydrogens is 857 g/mol. The smallest absolute Gasteiger partial charge is 0.0541 e. The van der Waals surface area contributed by atoms with Gasteiger partial charge in [-0.05, 0) is 128 Å². The second kappa shape index (κ2) is 15.5. The van der Waals surface area contributed by atoms with Crippen molar-refractivity contribution in [1.82, 2.24) is 9.13 Å². The maximum atomic E-state index is 2.49. The third kappa shape index (κ3) is 6.14. The molecule has 2 heterocycles. The van der Waals surface area contributed by atoms with Crippen molar-refractivity contribution in [2.24, 2.45) is 0 Å². The standard InChI is InChI=1S/C69H46N2/c1-2-16-52-44-69(43-51(52)15-1)61-41-47(29-27-45-33-37-67-59(39-45)57-21-7-9-23-65(57)70(67)63-25-11-17-49-13-3-5-19-53(49)63)31-35-55(61)56-36-32-48(42-62(56)69)30-28-46-34-38-68-60(40-46)58-22-8-10-24-66(58)71(68)64-26-12-18-50-14-4-6-20-54(50)64/h1-42H,43-44H2/b29-27+,30-28+. The van der Waals surface area contributed by atoms with Gasteiger partial charge in [0, 0.05) is 37.7 Å². The lowest BCUT2D eigenvalue weighted by Gasteiger charge is -2.27. The van der Waals surface area contributed by atoms with Crippen LogP contribution < -0.4 is 0 Å². The summed E-state index contributed by atoms with van der Waals surface area (Å²) in [6.07, 6.45) is 11.2. The summed E-state index contributed by atoms with van der Waals surface area (Å²) in [6.45, 7) is 0. The number of hydrogen-bond donors (Lipinski definition) is 0. The van der Waals surface area contributed by atoms with Crippen molar-refractivity contribution in [3.05, 3.63) is 275 Å². The molecule has 0 saturated heterocycles. The summed E-state index contributed by atoms with van der Waals surface area (Å²) in [6, 6.07) is 85.6. The van der Waals surface area contributed by atoms with Crippen LogP contribution in [0.15, 0.2) is 231 Å². The van der Waals surface area contributed by atoms with Gasteiger partial charge in [0.2, 0.25) is 0 Å². The topological polar surface area (TPSA) is 9.86 Å². The predicted molar refractivity (Wildman–Crippen MR) is 301 cm³/mol. The molecule has 71 heavy (non-hydrogen) atoms. The second-order valence-corrected chi connectivity index (χ2v) is 19.7. The molecule has 0 aliphatic heterocycles. The second-order valence-electron chi connectivity index (χ2n) is 19.7. The highest BCUT2D eigenvalue weighted by Gasteiger charge is 2.47.